The fourth-order valence-electron chi connectivity index (χ4n) is 6.51. The number of rotatable bonds is 28. The molecule has 0 amide bonds. The van der Waals surface area contributed by atoms with E-state index in [1.807, 2.05) is 2.89 Å². The summed E-state index contributed by atoms with van der Waals surface area (Å²) in [7, 11) is 0. The Morgan fingerprint density at radius 3 is 1.34 bits per heavy atom. The Balaban J connectivity index is 2.78. The number of unbranched alkanes of at least 4 members (excludes halogenated alkanes) is 15. The van der Waals surface area contributed by atoms with E-state index < -0.39 is 18.4 Å². The van der Waals surface area contributed by atoms with Crippen molar-refractivity contribution in [1.29, 1.82) is 0 Å². The molecule has 0 radical (unpaired) electrons. The minimum absolute atomic E-state index is 0.926. The van der Waals surface area contributed by atoms with E-state index in [1.54, 1.807) is 18.9 Å². The average molecular weight is 654 g/mol. The van der Waals surface area contributed by atoms with Gasteiger partial charge in [-0.3, -0.25) is 0 Å². The molecule has 0 saturated carbocycles. The molecule has 1 heterocycles. The molecular weight excluding hydrogens is 583 g/mol. The van der Waals surface area contributed by atoms with Gasteiger partial charge in [0.25, 0.3) is 0 Å². The third kappa shape index (κ3) is 16.7. The van der Waals surface area contributed by atoms with E-state index in [-0.39, 0.29) is 0 Å². The first-order valence-corrected chi connectivity index (χ1v) is 26.1. The fraction of sp³-hybridized carbons (Fsp3) is 0.889. The van der Waals surface area contributed by atoms with Crippen molar-refractivity contribution in [1.82, 2.24) is 0 Å². The summed E-state index contributed by atoms with van der Waals surface area (Å²) in [6.07, 6.45) is 33.2. The normalized spacial score (nSPS) is 12.9. The average Bonchev–Trinajstić information content (AvgIpc) is 3.40. The summed E-state index contributed by atoms with van der Waals surface area (Å²) in [5, 5.41) is 2.63. The van der Waals surface area contributed by atoms with Crippen LogP contribution in [0, 0.1) is 5.92 Å². The van der Waals surface area contributed by atoms with E-state index in [4.69, 9.17) is 0 Å². The van der Waals surface area contributed by atoms with Gasteiger partial charge in [0, 0.05) is 0 Å². The quantitative estimate of drug-likeness (QED) is 0.0624. The van der Waals surface area contributed by atoms with Crippen molar-refractivity contribution in [2.75, 3.05) is 0 Å². The molecule has 0 aliphatic rings. The third-order valence-electron chi connectivity index (χ3n) is 9.16. The van der Waals surface area contributed by atoms with Crippen LogP contribution >= 0.6 is 11.3 Å². The first kappa shape index (κ1) is 36.5. The second kappa shape index (κ2) is 25.2. The number of hydrogen-bond acceptors (Lipinski definition) is 1. The molecule has 0 aromatic carbocycles. The zero-order valence-electron chi connectivity index (χ0n) is 27.0. The summed E-state index contributed by atoms with van der Waals surface area (Å²) in [5.74, 6) is 0.926. The van der Waals surface area contributed by atoms with Gasteiger partial charge >= 0.3 is 224 Å². The van der Waals surface area contributed by atoms with Gasteiger partial charge in [-0.2, -0.15) is 0 Å². The summed E-state index contributed by atoms with van der Waals surface area (Å²) in [4.78, 5) is 0. The van der Waals surface area contributed by atoms with Crippen LogP contribution in [0.1, 0.15) is 181 Å². The standard InChI is InChI=1S/C24H43S.3C4H9.Sn/c1-3-5-7-9-11-12-14-16-18-23(21-24-19-20-25-22-24)17-15-13-10-8-6-4-2;3*1-3-4-2;/h19,22-23H,3-18,21H2,1-2H3;3*1,3-4H2,2H3;. The molecule has 38 heavy (non-hydrogen) atoms. The van der Waals surface area contributed by atoms with Crippen molar-refractivity contribution in [3.05, 3.63) is 17.0 Å². The first-order chi connectivity index (χ1) is 18.7. The molecule has 0 spiro atoms. The minimum atomic E-state index is -2.26. The van der Waals surface area contributed by atoms with Crippen molar-refractivity contribution in [2.45, 2.75) is 196 Å². The van der Waals surface area contributed by atoms with Crippen molar-refractivity contribution in [2.24, 2.45) is 5.92 Å². The van der Waals surface area contributed by atoms with Crippen LogP contribution in [0.5, 0.6) is 0 Å². The second-order valence-electron chi connectivity index (χ2n) is 12.8. The molecule has 0 saturated heterocycles. The Labute approximate surface area is 249 Å². The molecule has 1 aromatic heterocycles. The van der Waals surface area contributed by atoms with Gasteiger partial charge in [-0.05, 0) is 0 Å². The summed E-state index contributed by atoms with van der Waals surface area (Å²) < 4.78 is 6.80. The van der Waals surface area contributed by atoms with Crippen molar-refractivity contribution >= 4 is 32.6 Å². The van der Waals surface area contributed by atoms with E-state index in [2.05, 4.69) is 57.4 Å². The maximum absolute atomic E-state index is 2.80. The fourth-order valence-corrected chi connectivity index (χ4v) is 26.6. The first-order valence-electron chi connectivity index (χ1n) is 17.7. The van der Waals surface area contributed by atoms with Gasteiger partial charge in [-0.15, -0.1) is 0 Å². The molecule has 0 fully saturated rings. The maximum atomic E-state index is 2.80. The molecule has 1 atom stereocenters. The van der Waals surface area contributed by atoms with Crippen LogP contribution in [-0.2, 0) is 6.42 Å². The SMILES string of the molecule is CCCCCCCCCCC(CCCCCCCC)Cc1cs[c]([Sn]([CH2]CCC)([CH2]CCC)[CH2]CCC)c1. The molecule has 0 bridgehead atoms. The van der Waals surface area contributed by atoms with E-state index in [1.165, 1.54) is 148 Å². The molecule has 1 rings (SSSR count). The molecule has 0 aliphatic heterocycles. The van der Waals surface area contributed by atoms with Crippen LogP contribution < -0.4 is 2.89 Å². The van der Waals surface area contributed by atoms with Gasteiger partial charge in [0.15, 0.2) is 0 Å². The Morgan fingerprint density at radius 2 is 0.921 bits per heavy atom. The van der Waals surface area contributed by atoms with Gasteiger partial charge in [0.05, 0.1) is 0 Å². The molecule has 224 valence electrons. The van der Waals surface area contributed by atoms with Crippen molar-refractivity contribution in [3.63, 3.8) is 0 Å². The number of thiophene rings is 1. The molecular formula is C36H70SSn. The Kier molecular flexibility index (Phi) is 24.2. The van der Waals surface area contributed by atoms with Crippen LogP contribution in [0.4, 0.5) is 0 Å². The van der Waals surface area contributed by atoms with Crippen LogP contribution in [-0.4, -0.2) is 18.4 Å². The second-order valence-corrected chi connectivity index (χ2v) is 27.9. The summed E-state index contributed by atoms with van der Waals surface area (Å²) >= 11 is -0.0383. The van der Waals surface area contributed by atoms with Gasteiger partial charge in [-0.1, -0.05) is 26.7 Å². The summed E-state index contributed by atoms with van der Waals surface area (Å²) in [5.41, 5.74) is 1.73. The Hall–Kier alpha value is 0.499. The zero-order valence-corrected chi connectivity index (χ0v) is 30.7. The summed E-state index contributed by atoms with van der Waals surface area (Å²) in [6, 6.07) is 2.80. The van der Waals surface area contributed by atoms with Gasteiger partial charge < -0.3 is 0 Å². The molecule has 0 N–H and O–H groups in total. The molecule has 0 nitrogen and oxygen atoms in total. The van der Waals surface area contributed by atoms with Gasteiger partial charge in [0.1, 0.15) is 0 Å². The Morgan fingerprint density at radius 1 is 0.526 bits per heavy atom. The monoisotopic (exact) mass is 654 g/mol. The molecule has 1 unspecified atom stereocenters. The predicted octanol–water partition coefficient (Wildman–Crippen LogP) is 13.2. The number of hydrogen-bond donors (Lipinski definition) is 0. The van der Waals surface area contributed by atoms with E-state index in [0.29, 0.717) is 0 Å². The van der Waals surface area contributed by atoms with E-state index >= 15 is 0 Å². The third-order valence-corrected chi connectivity index (χ3v) is 28.5. The topological polar surface area (TPSA) is 0 Å². The molecule has 1 aromatic rings. The van der Waals surface area contributed by atoms with E-state index in [9.17, 15) is 0 Å². The van der Waals surface area contributed by atoms with Crippen LogP contribution in [0.3, 0.4) is 0 Å². The Bertz CT molecular complexity index is 599. The van der Waals surface area contributed by atoms with Gasteiger partial charge in [0.2, 0.25) is 0 Å². The van der Waals surface area contributed by atoms with Crippen LogP contribution in [0.2, 0.25) is 13.3 Å². The molecule has 2 heteroatoms. The molecule has 0 aliphatic carbocycles. The van der Waals surface area contributed by atoms with Crippen LogP contribution in [0.25, 0.3) is 0 Å². The van der Waals surface area contributed by atoms with Crippen molar-refractivity contribution < 1.29 is 0 Å². The van der Waals surface area contributed by atoms with E-state index in [0.717, 1.165) is 5.92 Å². The predicted molar refractivity (Wildman–Crippen MR) is 181 cm³/mol. The van der Waals surface area contributed by atoms with Gasteiger partial charge in [-0.25, -0.2) is 0 Å². The summed E-state index contributed by atoms with van der Waals surface area (Å²) in [6.45, 7) is 11.9. The van der Waals surface area contributed by atoms with Crippen molar-refractivity contribution in [3.8, 4) is 0 Å². The van der Waals surface area contributed by atoms with Crippen LogP contribution in [0.15, 0.2) is 11.4 Å². The zero-order chi connectivity index (χ0) is 27.7.